The first-order valence-corrected chi connectivity index (χ1v) is 8.61. The third-order valence-corrected chi connectivity index (χ3v) is 4.58. The van der Waals surface area contributed by atoms with Crippen LogP contribution in [0, 0.1) is 5.41 Å². The van der Waals surface area contributed by atoms with E-state index >= 15 is 0 Å². The van der Waals surface area contributed by atoms with Gasteiger partial charge in [0.1, 0.15) is 0 Å². The number of nitrogens with zero attached hydrogens (tertiary/aromatic N) is 1. The molecule has 0 atom stereocenters. The minimum atomic E-state index is -0.213. The number of thiophene rings is 1. The molecule has 1 heterocycles. The predicted octanol–water partition coefficient (Wildman–Crippen LogP) is 3.48. The number of halogens is 1. The van der Waals surface area contributed by atoms with Crippen molar-refractivity contribution < 1.29 is 9.59 Å². The molecule has 3 N–H and O–H groups in total. The molecule has 0 fully saturated rings. The van der Waals surface area contributed by atoms with Gasteiger partial charge >= 0.3 is 0 Å². The van der Waals surface area contributed by atoms with Crippen LogP contribution < -0.4 is 11.1 Å². The molecule has 2 aromatic rings. The van der Waals surface area contributed by atoms with E-state index in [0.717, 1.165) is 0 Å². The summed E-state index contributed by atoms with van der Waals surface area (Å²) < 4.78 is 0. The topological polar surface area (TPSA) is 75.4 Å². The summed E-state index contributed by atoms with van der Waals surface area (Å²) in [5, 5.41) is 4.67. The van der Waals surface area contributed by atoms with Gasteiger partial charge in [-0.1, -0.05) is 32.0 Å². The second-order valence-electron chi connectivity index (χ2n) is 6.51. The summed E-state index contributed by atoms with van der Waals surface area (Å²) in [6.07, 6.45) is 0. The van der Waals surface area contributed by atoms with Gasteiger partial charge in [-0.15, -0.1) is 23.7 Å². The Hall–Kier alpha value is -1.89. The second kappa shape index (κ2) is 8.99. The van der Waals surface area contributed by atoms with Gasteiger partial charge in [0.15, 0.2) is 0 Å². The molecule has 0 bridgehead atoms. The molecule has 1 aromatic heterocycles. The number of para-hydroxylation sites is 1. The van der Waals surface area contributed by atoms with Gasteiger partial charge in [0, 0.05) is 13.6 Å². The molecular formula is C18H24ClN3O2S. The van der Waals surface area contributed by atoms with Crippen LogP contribution in [0.3, 0.4) is 0 Å². The van der Waals surface area contributed by atoms with Crippen molar-refractivity contribution in [3.63, 3.8) is 0 Å². The number of amides is 2. The monoisotopic (exact) mass is 381 g/mol. The normalized spacial score (nSPS) is 10.7. The standard InChI is InChI=1S/C18H23N3O2S.ClH/c1-18(2,11-19)12-21(3)17(23)13-7-4-5-8-14(13)20-16(22)15-9-6-10-24-15;/h4-10H,11-12,19H2,1-3H3,(H,20,22);1H. The number of nitrogens with one attached hydrogen (secondary N) is 1. The van der Waals surface area contributed by atoms with Crippen LogP contribution in [0.15, 0.2) is 41.8 Å². The molecule has 7 heteroatoms. The van der Waals surface area contributed by atoms with Gasteiger partial charge in [0.05, 0.1) is 16.1 Å². The highest BCUT2D eigenvalue weighted by atomic mass is 35.5. The highest BCUT2D eigenvalue weighted by Crippen LogP contribution is 2.21. The van der Waals surface area contributed by atoms with Gasteiger partial charge in [-0.05, 0) is 35.5 Å². The summed E-state index contributed by atoms with van der Waals surface area (Å²) in [7, 11) is 1.75. The minimum Gasteiger partial charge on any atom is -0.341 e. The lowest BCUT2D eigenvalue weighted by molar-refractivity contribution is 0.0741. The van der Waals surface area contributed by atoms with E-state index in [1.807, 2.05) is 25.3 Å². The first kappa shape index (κ1) is 21.2. The zero-order valence-electron chi connectivity index (χ0n) is 14.6. The first-order chi connectivity index (χ1) is 11.3. The van der Waals surface area contributed by atoms with Crippen LogP contribution in [-0.2, 0) is 0 Å². The molecule has 2 amide bonds. The summed E-state index contributed by atoms with van der Waals surface area (Å²) in [5.41, 5.74) is 6.56. The third-order valence-electron chi connectivity index (χ3n) is 3.72. The average molecular weight is 382 g/mol. The van der Waals surface area contributed by atoms with Gasteiger partial charge in [0.25, 0.3) is 11.8 Å². The molecular weight excluding hydrogens is 358 g/mol. The quantitative estimate of drug-likeness (QED) is 0.804. The van der Waals surface area contributed by atoms with Crippen molar-refractivity contribution in [3.05, 3.63) is 52.2 Å². The minimum absolute atomic E-state index is 0. The SMILES string of the molecule is CN(CC(C)(C)CN)C(=O)c1ccccc1NC(=O)c1cccs1.Cl. The highest BCUT2D eigenvalue weighted by Gasteiger charge is 2.23. The predicted molar refractivity (Wildman–Crippen MR) is 106 cm³/mol. The van der Waals surface area contributed by atoms with Crippen LogP contribution in [0.1, 0.15) is 33.9 Å². The molecule has 5 nitrogen and oxygen atoms in total. The van der Waals surface area contributed by atoms with E-state index < -0.39 is 0 Å². The number of benzene rings is 1. The smallest absolute Gasteiger partial charge is 0.265 e. The van der Waals surface area contributed by atoms with Gasteiger partial charge in [0.2, 0.25) is 0 Å². The lowest BCUT2D eigenvalue weighted by Gasteiger charge is -2.29. The van der Waals surface area contributed by atoms with Crippen LogP contribution in [0.2, 0.25) is 0 Å². The fourth-order valence-electron chi connectivity index (χ4n) is 2.35. The van der Waals surface area contributed by atoms with Gasteiger partial charge < -0.3 is 16.0 Å². The first-order valence-electron chi connectivity index (χ1n) is 7.73. The Labute approximate surface area is 158 Å². The molecule has 1 aromatic carbocycles. The largest absolute Gasteiger partial charge is 0.341 e. The molecule has 0 aliphatic heterocycles. The van der Waals surface area contributed by atoms with Crippen LogP contribution in [0.4, 0.5) is 5.69 Å². The molecule has 0 saturated carbocycles. The van der Waals surface area contributed by atoms with E-state index in [-0.39, 0.29) is 29.6 Å². The number of nitrogens with two attached hydrogens (primary N) is 1. The second-order valence-corrected chi connectivity index (χ2v) is 7.45. The lowest BCUT2D eigenvalue weighted by Crippen LogP contribution is -2.40. The summed E-state index contributed by atoms with van der Waals surface area (Å²) in [5.74, 6) is -0.353. The number of carbonyl (C=O) groups excluding carboxylic acids is 2. The number of carbonyl (C=O) groups is 2. The van der Waals surface area contributed by atoms with E-state index in [9.17, 15) is 9.59 Å². The Morgan fingerprint density at radius 2 is 1.88 bits per heavy atom. The maximum absolute atomic E-state index is 12.8. The average Bonchev–Trinajstić information content (AvgIpc) is 3.09. The zero-order valence-corrected chi connectivity index (χ0v) is 16.2. The number of hydrogen-bond donors (Lipinski definition) is 2. The Bertz CT molecular complexity index is 717. The molecule has 0 unspecified atom stereocenters. The van der Waals surface area contributed by atoms with E-state index in [4.69, 9.17) is 5.73 Å². The van der Waals surface area contributed by atoms with E-state index in [1.165, 1.54) is 11.3 Å². The van der Waals surface area contributed by atoms with Crippen molar-refractivity contribution in [2.45, 2.75) is 13.8 Å². The molecule has 0 radical (unpaired) electrons. The van der Waals surface area contributed by atoms with E-state index in [0.29, 0.717) is 29.2 Å². The molecule has 136 valence electrons. The van der Waals surface area contributed by atoms with Gasteiger partial charge in [-0.3, -0.25) is 9.59 Å². The molecule has 0 saturated heterocycles. The van der Waals surface area contributed by atoms with Crippen molar-refractivity contribution in [2.24, 2.45) is 11.1 Å². The van der Waals surface area contributed by atoms with Crippen molar-refractivity contribution in [2.75, 3.05) is 25.5 Å². The Morgan fingerprint density at radius 3 is 2.48 bits per heavy atom. The van der Waals surface area contributed by atoms with E-state index in [1.54, 1.807) is 42.3 Å². The fourth-order valence-corrected chi connectivity index (χ4v) is 2.97. The fraction of sp³-hybridized carbons (Fsp3) is 0.333. The Balaban J connectivity index is 0.00000312. The van der Waals surface area contributed by atoms with E-state index in [2.05, 4.69) is 5.32 Å². The van der Waals surface area contributed by atoms with Crippen molar-refractivity contribution >= 4 is 41.2 Å². The summed E-state index contributed by atoms with van der Waals surface area (Å²) in [6.45, 7) is 5.05. The van der Waals surface area contributed by atoms with Gasteiger partial charge in [-0.25, -0.2) is 0 Å². The number of hydrogen-bond acceptors (Lipinski definition) is 4. The number of rotatable bonds is 6. The Morgan fingerprint density at radius 1 is 1.20 bits per heavy atom. The van der Waals surface area contributed by atoms with Crippen molar-refractivity contribution in [1.29, 1.82) is 0 Å². The van der Waals surface area contributed by atoms with Crippen LogP contribution >= 0.6 is 23.7 Å². The van der Waals surface area contributed by atoms with Crippen LogP contribution in [0.25, 0.3) is 0 Å². The molecule has 0 aliphatic carbocycles. The third kappa shape index (κ3) is 5.56. The van der Waals surface area contributed by atoms with Crippen LogP contribution in [-0.4, -0.2) is 36.9 Å². The molecule has 25 heavy (non-hydrogen) atoms. The summed E-state index contributed by atoms with van der Waals surface area (Å²) in [4.78, 5) is 27.3. The maximum atomic E-state index is 12.8. The van der Waals surface area contributed by atoms with Gasteiger partial charge in [-0.2, -0.15) is 0 Å². The summed E-state index contributed by atoms with van der Waals surface area (Å²) >= 11 is 1.36. The highest BCUT2D eigenvalue weighted by molar-refractivity contribution is 7.12. The molecule has 2 rings (SSSR count). The van der Waals surface area contributed by atoms with Crippen molar-refractivity contribution in [1.82, 2.24) is 4.90 Å². The molecule has 0 spiro atoms. The van der Waals surface area contributed by atoms with Crippen LogP contribution in [0.5, 0.6) is 0 Å². The lowest BCUT2D eigenvalue weighted by atomic mass is 9.93. The molecule has 0 aliphatic rings. The number of anilines is 1. The summed E-state index contributed by atoms with van der Waals surface area (Å²) in [6, 6.07) is 10.6. The Kier molecular flexibility index (Phi) is 7.60. The zero-order chi connectivity index (χ0) is 17.7. The van der Waals surface area contributed by atoms with Crippen molar-refractivity contribution in [3.8, 4) is 0 Å². The maximum Gasteiger partial charge on any atom is 0.265 e.